The first-order chi connectivity index (χ1) is 8.84. The second-order valence-corrected chi connectivity index (χ2v) is 5.01. The van der Waals surface area contributed by atoms with E-state index in [0.29, 0.717) is 6.04 Å². The van der Waals surface area contributed by atoms with Crippen LogP contribution >= 0.6 is 12.4 Å². The molecule has 2 aliphatic heterocycles. The van der Waals surface area contributed by atoms with Gasteiger partial charge in [0.2, 0.25) is 0 Å². The lowest BCUT2D eigenvalue weighted by Crippen LogP contribution is -2.62. The minimum absolute atomic E-state index is 0. The standard InChI is InChI=1S/C14H19N3O.ClH/c18-14(12-4-2-1-3-5-12)17-8-6-16(7-9-17)13-10-15-11-13;/h1-5,13,15H,6-11H2;1H. The molecule has 0 unspecified atom stereocenters. The molecule has 19 heavy (non-hydrogen) atoms. The Hall–Kier alpha value is -1.10. The molecule has 0 aromatic heterocycles. The number of rotatable bonds is 2. The van der Waals surface area contributed by atoms with Crippen molar-refractivity contribution in [1.29, 1.82) is 0 Å². The van der Waals surface area contributed by atoms with E-state index in [0.717, 1.165) is 44.8 Å². The summed E-state index contributed by atoms with van der Waals surface area (Å²) in [5.41, 5.74) is 0.802. The molecular weight excluding hydrogens is 262 g/mol. The normalized spacial score (nSPS) is 20.5. The van der Waals surface area contributed by atoms with Crippen LogP contribution in [0.4, 0.5) is 0 Å². The van der Waals surface area contributed by atoms with Crippen molar-refractivity contribution in [2.45, 2.75) is 6.04 Å². The van der Waals surface area contributed by atoms with E-state index in [4.69, 9.17) is 0 Å². The van der Waals surface area contributed by atoms with Crippen molar-refractivity contribution in [3.05, 3.63) is 35.9 Å². The van der Waals surface area contributed by atoms with Crippen molar-refractivity contribution in [2.75, 3.05) is 39.3 Å². The van der Waals surface area contributed by atoms with Gasteiger partial charge >= 0.3 is 0 Å². The number of nitrogens with one attached hydrogen (secondary N) is 1. The van der Waals surface area contributed by atoms with Gasteiger partial charge in [-0.05, 0) is 12.1 Å². The van der Waals surface area contributed by atoms with E-state index in [2.05, 4.69) is 10.2 Å². The molecule has 104 valence electrons. The lowest BCUT2D eigenvalue weighted by Gasteiger charge is -2.43. The molecule has 0 saturated carbocycles. The SMILES string of the molecule is Cl.O=C(c1ccccc1)N1CCN(C2CNC2)CC1. The van der Waals surface area contributed by atoms with Crippen LogP contribution in [0.1, 0.15) is 10.4 Å². The predicted molar refractivity (Wildman–Crippen MR) is 77.8 cm³/mol. The summed E-state index contributed by atoms with van der Waals surface area (Å²) in [7, 11) is 0. The monoisotopic (exact) mass is 281 g/mol. The molecule has 4 nitrogen and oxygen atoms in total. The smallest absolute Gasteiger partial charge is 0.253 e. The van der Waals surface area contributed by atoms with Gasteiger partial charge in [0.15, 0.2) is 0 Å². The zero-order valence-corrected chi connectivity index (χ0v) is 11.7. The molecule has 1 N–H and O–H groups in total. The third-order valence-corrected chi connectivity index (χ3v) is 3.90. The van der Waals surface area contributed by atoms with E-state index >= 15 is 0 Å². The second kappa shape index (κ2) is 6.37. The Morgan fingerprint density at radius 1 is 1.05 bits per heavy atom. The van der Waals surface area contributed by atoms with Gasteiger partial charge in [0.05, 0.1) is 0 Å². The molecule has 0 spiro atoms. The average Bonchev–Trinajstić information content (AvgIpc) is 2.38. The molecule has 2 heterocycles. The van der Waals surface area contributed by atoms with Gasteiger partial charge in [-0.15, -0.1) is 12.4 Å². The highest BCUT2D eigenvalue weighted by molar-refractivity contribution is 5.94. The molecule has 1 aromatic rings. The third kappa shape index (κ3) is 3.08. The Labute approximate surface area is 120 Å². The predicted octanol–water partition coefficient (Wildman–Crippen LogP) is 0.838. The van der Waals surface area contributed by atoms with Crippen molar-refractivity contribution in [2.24, 2.45) is 0 Å². The van der Waals surface area contributed by atoms with Crippen molar-refractivity contribution < 1.29 is 4.79 Å². The van der Waals surface area contributed by atoms with Crippen LogP contribution in [0.5, 0.6) is 0 Å². The van der Waals surface area contributed by atoms with E-state index in [1.165, 1.54) is 0 Å². The Balaban J connectivity index is 0.00000133. The van der Waals surface area contributed by atoms with Crippen LogP contribution in [0, 0.1) is 0 Å². The topological polar surface area (TPSA) is 35.6 Å². The second-order valence-electron chi connectivity index (χ2n) is 5.01. The molecule has 0 radical (unpaired) electrons. The van der Waals surface area contributed by atoms with Gasteiger partial charge in [0.1, 0.15) is 0 Å². The van der Waals surface area contributed by atoms with Crippen LogP contribution in [-0.2, 0) is 0 Å². The molecule has 5 heteroatoms. The van der Waals surface area contributed by atoms with E-state index in [1.54, 1.807) is 0 Å². The number of halogens is 1. The lowest BCUT2D eigenvalue weighted by molar-refractivity contribution is 0.0502. The van der Waals surface area contributed by atoms with Gasteiger partial charge in [0.25, 0.3) is 5.91 Å². The maximum absolute atomic E-state index is 12.3. The summed E-state index contributed by atoms with van der Waals surface area (Å²) in [5.74, 6) is 0.169. The number of carbonyl (C=O) groups is 1. The minimum Gasteiger partial charge on any atom is -0.336 e. The maximum Gasteiger partial charge on any atom is 0.253 e. The van der Waals surface area contributed by atoms with Crippen LogP contribution in [0.3, 0.4) is 0 Å². The van der Waals surface area contributed by atoms with E-state index in [9.17, 15) is 4.79 Å². The molecule has 3 rings (SSSR count). The average molecular weight is 282 g/mol. The Morgan fingerprint density at radius 2 is 1.68 bits per heavy atom. The fourth-order valence-corrected chi connectivity index (χ4v) is 2.59. The molecule has 1 aromatic carbocycles. The molecule has 0 atom stereocenters. The third-order valence-electron chi connectivity index (χ3n) is 3.90. The van der Waals surface area contributed by atoms with Crippen LogP contribution in [-0.4, -0.2) is 61.0 Å². The van der Waals surface area contributed by atoms with Gasteiger partial charge in [-0.25, -0.2) is 0 Å². The van der Waals surface area contributed by atoms with Gasteiger partial charge in [-0.1, -0.05) is 18.2 Å². The molecule has 2 saturated heterocycles. The Bertz CT molecular complexity index is 414. The summed E-state index contributed by atoms with van der Waals surface area (Å²) in [4.78, 5) is 16.7. The fraction of sp³-hybridized carbons (Fsp3) is 0.500. The summed E-state index contributed by atoms with van der Waals surface area (Å²) < 4.78 is 0. The van der Waals surface area contributed by atoms with E-state index in [1.807, 2.05) is 35.2 Å². The highest BCUT2D eigenvalue weighted by Crippen LogP contribution is 2.12. The molecule has 0 bridgehead atoms. The Kier molecular flexibility index (Phi) is 4.80. The minimum atomic E-state index is 0. The number of carbonyl (C=O) groups excluding carboxylic acids is 1. The number of piperazine rings is 1. The summed E-state index contributed by atoms with van der Waals surface area (Å²) in [6.45, 7) is 5.92. The summed E-state index contributed by atoms with van der Waals surface area (Å²) in [6.07, 6.45) is 0. The number of hydrogen-bond acceptors (Lipinski definition) is 3. The number of hydrogen-bond donors (Lipinski definition) is 1. The fourth-order valence-electron chi connectivity index (χ4n) is 2.59. The quantitative estimate of drug-likeness (QED) is 0.873. The zero-order valence-electron chi connectivity index (χ0n) is 10.9. The van der Waals surface area contributed by atoms with Crippen molar-refractivity contribution >= 4 is 18.3 Å². The molecule has 2 fully saturated rings. The number of benzene rings is 1. The van der Waals surface area contributed by atoms with Gasteiger partial charge in [-0.2, -0.15) is 0 Å². The molecule has 2 aliphatic rings. The van der Waals surface area contributed by atoms with Crippen LogP contribution in [0.15, 0.2) is 30.3 Å². The molecule has 0 aliphatic carbocycles. The first-order valence-electron chi connectivity index (χ1n) is 6.64. The largest absolute Gasteiger partial charge is 0.336 e. The summed E-state index contributed by atoms with van der Waals surface area (Å²) >= 11 is 0. The summed E-state index contributed by atoms with van der Waals surface area (Å²) in [6, 6.07) is 10.3. The van der Waals surface area contributed by atoms with Crippen LogP contribution < -0.4 is 5.32 Å². The van der Waals surface area contributed by atoms with Crippen molar-refractivity contribution in [3.8, 4) is 0 Å². The molecular formula is C14H20ClN3O. The lowest BCUT2D eigenvalue weighted by atomic mass is 10.1. The highest BCUT2D eigenvalue weighted by atomic mass is 35.5. The van der Waals surface area contributed by atoms with E-state index < -0.39 is 0 Å². The zero-order chi connectivity index (χ0) is 12.4. The van der Waals surface area contributed by atoms with E-state index in [-0.39, 0.29) is 18.3 Å². The molecule has 1 amide bonds. The first-order valence-corrected chi connectivity index (χ1v) is 6.64. The highest BCUT2D eigenvalue weighted by Gasteiger charge is 2.29. The van der Waals surface area contributed by atoms with Crippen LogP contribution in [0.2, 0.25) is 0 Å². The van der Waals surface area contributed by atoms with Gasteiger partial charge < -0.3 is 10.2 Å². The van der Waals surface area contributed by atoms with Crippen molar-refractivity contribution in [3.63, 3.8) is 0 Å². The number of amides is 1. The first kappa shape index (κ1) is 14.3. The van der Waals surface area contributed by atoms with Gasteiger partial charge in [0, 0.05) is 50.9 Å². The number of nitrogens with zero attached hydrogens (tertiary/aromatic N) is 2. The van der Waals surface area contributed by atoms with Crippen molar-refractivity contribution in [1.82, 2.24) is 15.1 Å². The maximum atomic E-state index is 12.3. The Morgan fingerprint density at radius 3 is 2.21 bits per heavy atom. The van der Waals surface area contributed by atoms with Crippen LogP contribution in [0.25, 0.3) is 0 Å². The summed E-state index contributed by atoms with van der Waals surface area (Å²) in [5, 5.41) is 3.30. The van der Waals surface area contributed by atoms with Gasteiger partial charge in [-0.3, -0.25) is 9.69 Å².